The average Bonchev–Trinajstić information content (AvgIpc) is 3.09. The van der Waals surface area contributed by atoms with Crippen LogP contribution in [0.2, 0.25) is 0 Å². The standard InChI is InChI=1S/C19H28N4OS/c1-20-18(25)19(15-7-5-11-21-13-15)10-4-3-9-17(19)22-23-12-6-8-16(23)14-24-2/h5,7,11,13,16H,3-4,6,8-10,12,14H2,1-2H3,(H,20,25)/t16-,19?/m0/s1. The summed E-state index contributed by atoms with van der Waals surface area (Å²) >= 11 is 5.81. The van der Waals surface area contributed by atoms with Crippen LogP contribution in [0.25, 0.3) is 0 Å². The van der Waals surface area contributed by atoms with Gasteiger partial charge in [-0.3, -0.25) is 9.99 Å². The van der Waals surface area contributed by atoms with Crippen molar-refractivity contribution >= 4 is 22.9 Å². The first-order valence-electron chi connectivity index (χ1n) is 9.18. The Morgan fingerprint density at radius 3 is 3.08 bits per heavy atom. The molecule has 2 heterocycles. The van der Waals surface area contributed by atoms with Crippen LogP contribution in [0.5, 0.6) is 0 Å². The van der Waals surface area contributed by atoms with Crippen LogP contribution in [0.4, 0.5) is 0 Å². The minimum Gasteiger partial charge on any atom is -0.382 e. The van der Waals surface area contributed by atoms with E-state index >= 15 is 0 Å². The van der Waals surface area contributed by atoms with Crippen molar-refractivity contribution in [2.45, 2.75) is 50.0 Å². The number of thiocarbonyl (C=S) groups is 1. The van der Waals surface area contributed by atoms with Crippen LogP contribution in [0.3, 0.4) is 0 Å². The number of hydrazone groups is 1. The summed E-state index contributed by atoms with van der Waals surface area (Å²) in [6, 6.07) is 4.49. The Labute approximate surface area is 155 Å². The Morgan fingerprint density at radius 2 is 2.36 bits per heavy atom. The second-order valence-electron chi connectivity index (χ2n) is 6.89. The Kier molecular flexibility index (Phi) is 6.02. The number of methoxy groups -OCH3 is 1. The van der Waals surface area contributed by atoms with Gasteiger partial charge >= 0.3 is 0 Å². The number of aromatic nitrogens is 1. The van der Waals surface area contributed by atoms with Crippen LogP contribution in [0, 0.1) is 0 Å². The van der Waals surface area contributed by atoms with E-state index in [4.69, 9.17) is 22.1 Å². The molecule has 1 N–H and O–H groups in total. The number of hydrogen-bond acceptors (Lipinski definition) is 5. The van der Waals surface area contributed by atoms with Crippen molar-refractivity contribution in [2.24, 2.45) is 5.10 Å². The van der Waals surface area contributed by atoms with E-state index in [0.29, 0.717) is 6.04 Å². The van der Waals surface area contributed by atoms with Gasteiger partial charge in [0.05, 0.1) is 28.8 Å². The Balaban J connectivity index is 2.02. The highest BCUT2D eigenvalue weighted by Crippen LogP contribution is 2.39. The maximum Gasteiger partial charge on any atom is 0.0916 e. The number of hydrogen-bond donors (Lipinski definition) is 1. The predicted molar refractivity (Wildman–Crippen MR) is 105 cm³/mol. The first-order valence-corrected chi connectivity index (χ1v) is 9.59. The average molecular weight is 361 g/mol. The summed E-state index contributed by atoms with van der Waals surface area (Å²) in [6.45, 7) is 1.72. The molecule has 0 radical (unpaired) electrons. The highest BCUT2D eigenvalue weighted by molar-refractivity contribution is 7.80. The monoisotopic (exact) mass is 360 g/mol. The minimum absolute atomic E-state index is 0.337. The molecule has 6 heteroatoms. The van der Waals surface area contributed by atoms with E-state index in [9.17, 15) is 0 Å². The summed E-state index contributed by atoms with van der Waals surface area (Å²) in [7, 11) is 3.68. The van der Waals surface area contributed by atoms with Gasteiger partial charge in [0, 0.05) is 33.1 Å². The van der Waals surface area contributed by atoms with Gasteiger partial charge in [0.1, 0.15) is 0 Å². The quantitative estimate of drug-likeness (QED) is 0.818. The normalized spacial score (nSPS) is 28.3. The van der Waals surface area contributed by atoms with Crippen molar-refractivity contribution in [3.8, 4) is 0 Å². The molecule has 3 rings (SSSR count). The SMILES string of the molecule is CNC(=S)C1(c2cccnc2)CCCCC1=NN1CCC[C@H]1COC. The van der Waals surface area contributed by atoms with Crippen molar-refractivity contribution in [1.29, 1.82) is 0 Å². The summed E-state index contributed by atoms with van der Waals surface area (Å²) in [4.78, 5) is 5.20. The molecule has 2 aliphatic rings. The molecule has 1 unspecified atom stereocenters. The molecule has 0 bridgehead atoms. The third kappa shape index (κ3) is 3.55. The van der Waals surface area contributed by atoms with Gasteiger partial charge in [0.2, 0.25) is 0 Å². The first-order chi connectivity index (χ1) is 12.2. The molecule has 5 nitrogen and oxygen atoms in total. The molecule has 0 aromatic carbocycles. The smallest absolute Gasteiger partial charge is 0.0916 e. The van der Waals surface area contributed by atoms with E-state index in [1.54, 1.807) is 7.11 Å². The molecule has 25 heavy (non-hydrogen) atoms. The maximum atomic E-state index is 5.81. The molecule has 0 spiro atoms. The van der Waals surface area contributed by atoms with Gasteiger partial charge in [-0.25, -0.2) is 0 Å². The molecule has 1 saturated heterocycles. The second kappa shape index (κ2) is 8.23. The van der Waals surface area contributed by atoms with E-state index in [1.807, 2.05) is 25.5 Å². The molecular weight excluding hydrogens is 332 g/mol. The highest BCUT2D eigenvalue weighted by atomic mass is 32.1. The molecule has 2 atom stereocenters. The Hall–Kier alpha value is -1.53. The third-order valence-corrected chi connectivity index (χ3v) is 5.98. The molecule has 1 aromatic rings. The minimum atomic E-state index is -0.337. The molecule has 0 amide bonds. The lowest BCUT2D eigenvalue weighted by Gasteiger charge is -2.40. The number of rotatable bonds is 5. The van der Waals surface area contributed by atoms with Gasteiger partial charge in [-0.05, 0) is 43.7 Å². The fraction of sp³-hybridized carbons (Fsp3) is 0.632. The lowest BCUT2D eigenvalue weighted by molar-refractivity contribution is 0.117. The fourth-order valence-corrected chi connectivity index (χ4v) is 4.50. The zero-order valence-corrected chi connectivity index (χ0v) is 16.0. The molecule has 1 saturated carbocycles. The van der Waals surface area contributed by atoms with E-state index in [2.05, 4.69) is 21.4 Å². The largest absolute Gasteiger partial charge is 0.382 e. The molecule has 1 aliphatic carbocycles. The van der Waals surface area contributed by atoms with Crippen molar-refractivity contribution in [3.05, 3.63) is 30.1 Å². The van der Waals surface area contributed by atoms with Crippen molar-refractivity contribution in [3.63, 3.8) is 0 Å². The van der Waals surface area contributed by atoms with E-state index in [0.717, 1.165) is 55.8 Å². The number of likely N-dealkylation sites (N-methyl/N-ethyl adjacent to an activating group) is 1. The summed E-state index contributed by atoms with van der Waals surface area (Å²) in [5.41, 5.74) is 1.99. The van der Waals surface area contributed by atoms with Gasteiger partial charge in [0.25, 0.3) is 0 Å². The predicted octanol–water partition coefficient (Wildman–Crippen LogP) is 2.91. The molecular formula is C19H28N4OS. The van der Waals surface area contributed by atoms with E-state index in [1.165, 1.54) is 12.1 Å². The molecule has 136 valence electrons. The number of nitrogens with zero attached hydrogens (tertiary/aromatic N) is 3. The van der Waals surface area contributed by atoms with E-state index in [-0.39, 0.29) is 5.41 Å². The van der Waals surface area contributed by atoms with Crippen LogP contribution in [0.1, 0.15) is 44.1 Å². The van der Waals surface area contributed by atoms with E-state index < -0.39 is 0 Å². The van der Waals surface area contributed by atoms with Gasteiger partial charge in [-0.2, -0.15) is 5.10 Å². The summed E-state index contributed by atoms with van der Waals surface area (Å²) < 4.78 is 5.39. The van der Waals surface area contributed by atoms with Crippen molar-refractivity contribution in [2.75, 3.05) is 27.3 Å². The fourth-order valence-electron chi connectivity index (χ4n) is 4.16. The molecule has 1 aliphatic heterocycles. The van der Waals surface area contributed by atoms with Crippen LogP contribution >= 0.6 is 12.2 Å². The van der Waals surface area contributed by atoms with Crippen LogP contribution in [-0.4, -0.2) is 54.0 Å². The molecule has 1 aromatic heterocycles. The van der Waals surface area contributed by atoms with Gasteiger partial charge < -0.3 is 10.1 Å². The topological polar surface area (TPSA) is 49.8 Å². The maximum absolute atomic E-state index is 5.81. The Bertz CT molecular complexity index is 621. The van der Waals surface area contributed by atoms with Gasteiger partial charge in [-0.15, -0.1) is 0 Å². The molecule has 2 fully saturated rings. The zero-order valence-electron chi connectivity index (χ0n) is 15.2. The lowest BCUT2D eigenvalue weighted by Crippen LogP contribution is -2.51. The summed E-state index contributed by atoms with van der Waals surface area (Å²) in [6.07, 6.45) is 10.3. The number of pyridine rings is 1. The van der Waals surface area contributed by atoms with Gasteiger partial charge in [-0.1, -0.05) is 24.7 Å². The van der Waals surface area contributed by atoms with Crippen molar-refractivity contribution < 1.29 is 4.74 Å². The van der Waals surface area contributed by atoms with Gasteiger partial charge in [0.15, 0.2) is 0 Å². The lowest BCUT2D eigenvalue weighted by atomic mass is 9.68. The number of nitrogens with one attached hydrogen (secondary N) is 1. The van der Waals surface area contributed by atoms with Crippen LogP contribution in [0.15, 0.2) is 29.6 Å². The third-order valence-electron chi connectivity index (χ3n) is 5.43. The van der Waals surface area contributed by atoms with Crippen LogP contribution < -0.4 is 5.32 Å². The summed E-state index contributed by atoms with van der Waals surface area (Å²) in [5, 5.41) is 10.6. The highest BCUT2D eigenvalue weighted by Gasteiger charge is 2.44. The number of ether oxygens (including phenoxy) is 1. The second-order valence-corrected chi connectivity index (χ2v) is 7.30. The Morgan fingerprint density at radius 1 is 1.48 bits per heavy atom. The van der Waals surface area contributed by atoms with Crippen molar-refractivity contribution in [1.82, 2.24) is 15.3 Å². The first kappa shape index (κ1) is 18.3. The summed E-state index contributed by atoms with van der Waals surface area (Å²) in [5.74, 6) is 0. The zero-order chi connectivity index (χ0) is 17.7. The van der Waals surface area contributed by atoms with Crippen LogP contribution in [-0.2, 0) is 10.2 Å².